The first-order valence-electron chi connectivity index (χ1n) is 5.16. The van der Waals surface area contributed by atoms with Crippen molar-refractivity contribution >= 4 is 12.6 Å². The molecule has 0 amide bonds. The summed E-state index contributed by atoms with van der Waals surface area (Å²) in [4.78, 5) is 0. The third-order valence-corrected chi connectivity index (χ3v) is 2.45. The summed E-state index contributed by atoms with van der Waals surface area (Å²) in [5.41, 5.74) is -2.72. The number of halogens is 6. The van der Waals surface area contributed by atoms with Crippen LogP contribution in [0.25, 0.3) is 11.3 Å². The van der Waals surface area contributed by atoms with Gasteiger partial charge in [0.25, 0.3) is 0 Å². The van der Waals surface area contributed by atoms with E-state index >= 15 is 0 Å². The number of rotatable bonds is 2. The van der Waals surface area contributed by atoms with E-state index in [1.54, 1.807) is 0 Å². The molecule has 20 heavy (non-hydrogen) atoms. The van der Waals surface area contributed by atoms with Crippen molar-refractivity contribution in [3.63, 3.8) is 0 Å². The minimum Gasteiger partial charge on any atom is -0.493 e. The molecule has 0 radical (unpaired) electrons. The van der Waals surface area contributed by atoms with Crippen LogP contribution in [0.3, 0.4) is 0 Å². The average Bonchev–Trinajstić information content (AvgIpc) is 2.76. The molecule has 0 spiro atoms. The molecular weight excluding hydrogens is 312 g/mol. The van der Waals surface area contributed by atoms with Gasteiger partial charge in [0.1, 0.15) is 5.76 Å². The summed E-state index contributed by atoms with van der Waals surface area (Å²) in [5.74, 6) is -0.456. The molecule has 1 aromatic heterocycles. The maximum Gasteiger partial charge on any atom is 1.00 e. The minimum atomic E-state index is -5.37. The van der Waals surface area contributed by atoms with E-state index < -0.39 is 35.7 Å². The summed E-state index contributed by atoms with van der Waals surface area (Å²) in [6.45, 7) is -5.37. The molecule has 1 aromatic carbocycles. The fourth-order valence-corrected chi connectivity index (χ4v) is 1.62. The smallest absolute Gasteiger partial charge is 0.493 e. The van der Waals surface area contributed by atoms with Crippen molar-refractivity contribution < 1.29 is 81.9 Å². The van der Waals surface area contributed by atoms with E-state index in [9.17, 15) is 26.1 Å². The van der Waals surface area contributed by atoms with Gasteiger partial charge in [-0.15, -0.1) is 0 Å². The van der Waals surface area contributed by atoms with Crippen LogP contribution < -0.4 is 57.0 Å². The SMILES string of the molecule is F[B-](F)(F)c1ccc(-c2ccccc2C(F)(F)F)o1.[K+]. The zero-order valence-electron chi connectivity index (χ0n) is 10.2. The number of benzene rings is 1. The Kier molecular flexibility index (Phi) is 5.59. The Morgan fingerprint density at radius 2 is 1.50 bits per heavy atom. The topological polar surface area (TPSA) is 13.1 Å². The molecule has 2 rings (SSSR count). The second-order valence-corrected chi connectivity index (χ2v) is 3.82. The van der Waals surface area contributed by atoms with Crippen LogP contribution in [-0.4, -0.2) is 6.98 Å². The third kappa shape index (κ3) is 3.91. The number of hydrogen-bond donors (Lipinski definition) is 0. The first-order valence-corrected chi connectivity index (χ1v) is 5.16. The first-order chi connectivity index (χ1) is 8.69. The second kappa shape index (κ2) is 6.27. The van der Waals surface area contributed by atoms with Crippen LogP contribution in [0, 0.1) is 0 Å². The number of hydrogen-bond acceptors (Lipinski definition) is 1. The van der Waals surface area contributed by atoms with Gasteiger partial charge >= 0.3 is 64.5 Å². The molecule has 0 aliphatic carbocycles. The Labute approximate surface area is 152 Å². The van der Waals surface area contributed by atoms with Gasteiger partial charge in [-0.2, -0.15) is 13.2 Å². The van der Waals surface area contributed by atoms with E-state index in [4.69, 9.17) is 0 Å². The Bertz CT molecular complexity index is 589. The summed E-state index contributed by atoms with van der Waals surface area (Å²) in [7, 11) is 0. The molecule has 102 valence electrons. The summed E-state index contributed by atoms with van der Waals surface area (Å²) < 4.78 is 79.8. The van der Waals surface area contributed by atoms with Crippen LogP contribution in [-0.2, 0) is 6.18 Å². The van der Waals surface area contributed by atoms with Gasteiger partial charge in [-0.25, -0.2) is 0 Å². The van der Waals surface area contributed by atoms with Gasteiger partial charge in [-0.3, -0.25) is 0 Å². The normalized spacial score (nSPS) is 12.1. The molecule has 0 fully saturated rings. The Balaban J connectivity index is 0.00000200. The van der Waals surface area contributed by atoms with E-state index in [0.717, 1.165) is 24.3 Å². The van der Waals surface area contributed by atoms with E-state index in [1.807, 2.05) is 0 Å². The molecule has 0 unspecified atom stereocenters. The van der Waals surface area contributed by atoms with Crippen LogP contribution in [0.1, 0.15) is 5.56 Å². The number of furan rings is 1. The molecule has 2 aromatic rings. The molecule has 0 aliphatic rings. The van der Waals surface area contributed by atoms with Crippen molar-refractivity contribution in [2.75, 3.05) is 0 Å². The van der Waals surface area contributed by atoms with Gasteiger partial charge in [0, 0.05) is 11.2 Å². The molecule has 1 nitrogen and oxygen atoms in total. The fourth-order valence-electron chi connectivity index (χ4n) is 1.62. The van der Waals surface area contributed by atoms with Gasteiger partial charge in [-0.1, -0.05) is 24.3 Å². The Morgan fingerprint density at radius 1 is 0.900 bits per heavy atom. The van der Waals surface area contributed by atoms with Crippen molar-refractivity contribution in [2.24, 2.45) is 0 Å². The molecular formula is C11H6BF6KO. The van der Waals surface area contributed by atoms with Crippen LogP contribution in [0.4, 0.5) is 26.1 Å². The fraction of sp³-hybridized carbons (Fsp3) is 0.0909. The zero-order valence-corrected chi connectivity index (χ0v) is 13.3. The molecule has 0 saturated carbocycles. The van der Waals surface area contributed by atoms with E-state index in [-0.39, 0.29) is 51.4 Å². The van der Waals surface area contributed by atoms with Crippen LogP contribution in [0.5, 0.6) is 0 Å². The Morgan fingerprint density at radius 3 is 2.00 bits per heavy atom. The van der Waals surface area contributed by atoms with Gasteiger partial charge in [0.05, 0.1) is 5.56 Å². The predicted molar refractivity (Wildman–Crippen MR) is 57.9 cm³/mol. The van der Waals surface area contributed by atoms with Gasteiger partial charge < -0.3 is 17.4 Å². The Hall–Kier alpha value is -0.219. The maximum absolute atomic E-state index is 12.7. The van der Waals surface area contributed by atoms with Gasteiger partial charge in [0.15, 0.2) is 0 Å². The summed E-state index contributed by atoms with van der Waals surface area (Å²) >= 11 is 0. The van der Waals surface area contributed by atoms with Crippen LogP contribution in [0.15, 0.2) is 40.8 Å². The summed E-state index contributed by atoms with van der Waals surface area (Å²) in [6.07, 6.45) is -4.66. The standard InChI is InChI=1S/C11H6BF6O.K/c13-11(14,15)8-4-2-1-3-7(8)9-5-6-10(19-9)12(16,17)18;/h1-6H;/q-1;+1. The summed E-state index contributed by atoms with van der Waals surface area (Å²) in [5, 5.41) is 0. The molecule has 0 atom stereocenters. The van der Waals surface area contributed by atoms with Crippen LogP contribution >= 0.6 is 0 Å². The third-order valence-electron chi connectivity index (χ3n) is 2.45. The average molecular weight is 318 g/mol. The molecule has 0 bridgehead atoms. The van der Waals surface area contributed by atoms with E-state index in [0.29, 0.717) is 6.07 Å². The largest absolute Gasteiger partial charge is 1.00 e. The minimum absolute atomic E-state index is 0. The van der Waals surface area contributed by atoms with E-state index in [1.165, 1.54) is 6.07 Å². The van der Waals surface area contributed by atoms with Gasteiger partial charge in [-0.05, 0) is 12.1 Å². The summed E-state index contributed by atoms with van der Waals surface area (Å²) in [6, 6.07) is 5.82. The quantitative estimate of drug-likeness (QED) is 0.595. The maximum atomic E-state index is 12.7. The van der Waals surface area contributed by atoms with Crippen molar-refractivity contribution in [2.45, 2.75) is 6.18 Å². The van der Waals surface area contributed by atoms with E-state index in [2.05, 4.69) is 4.42 Å². The van der Waals surface area contributed by atoms with Crippen molar-refractivity contribution in [3.05, 3.63) is 42.0 Å². The first kappa shape index (κ1) is 17.8. The second-order valence-electron chi connectivity index (χ2n) is 3.82. The predicted octanol–water partition coefficient (Wildman–Crippen LogP) is 1.02. The number of alkyl halides is 3. The van der Waals surface area contributed by atoms with Crippen molar-refractivity contribution in [3.8, 4) is 11.3 Å². The van der Waals surface area contributed by atoms with Gasteiger partial charge in [0.2, 0.25) is 0 Å². The molecule has 0 N–H and O–H groups in total. The van der Waals surface area contributed by atoms with Crippen molar-refractivity contribution in [1.29, 1.82) is 0 Å². The monoisotopic (exact) mass is 318 g/mol. The molecule has 1 heterocycles. The molecule has 0 aliphatic heterocycles. The zero-order chi connectivity index (χ0) is 14.3. The molecule has 9 heteroatoms. The van der Waals surface area contributed by atoms with Crippen LogP contribution in [0.2, 0.25) is 0 Å². The molecule has 0 saturated heterocycles. The van der Waals surface area contributed by atoms with Crippen molar-refractivity contribution in [1.82, 2.24) is 0 Å².